The molecule has 2 aromatic rings. The molecule has 142 valence electrons. The summed E-state index contributed by atoms with van der Waals surface area (Å²) in [4.78, 5) is 18.8. The van der Waals surface area contributed by atoms with E-state index in [2.05, 4.69) is 59.6 Å². The Kier molecular flexibility index (Phi) is 8.54. The van der Waals surface area contributed by atoms with Crippen molar-refractivity contribution in [2.24, 2.45) is 0 Å². The molecule has 0 aliphatic rings. The average molecular weight is 375 g/mol. The van der Waals surface area contributed by atoms with Crippen molar-refractivity contribution in [3.05, 3.63) is 41.2 Å². The van der Waals surface area contributed by atoms with Crippen LogP contribution in [0, 0.1) is 6.92 Å². The Balaban J connectivity index is 1.97. The normalized spacial score (nSPS) is 10.7. The van der Waals surface area contributed by atoms with E-state index in [0.29, 0.717) is 13.0 Å². The minimum Gasteiger partial charge on any atom is -0.356 e. The van der Waals surface area contributed by atoms with Crippen LogP contribution < -0.4 is 10.2 Å². The number of nitrogens with zero attached hydrogens (tertiary/aromatic N) is 3. The van der Waals surface area contributed by atoms with E-state index in [1.165, 1.54) is 22.7 Å². The Labute approximate surface area is 161 Å². The van der Waals surface area contributed by atoms with Crippen molar-refractivity contribution in [2.45, 2.75) is 52.9 Å². The summed E-state index contributed by atoms with van der Waals surface area (Å²) in [6.45, 7) is 8.67. The zero-order chi connectivity index (χ0) is 18.8. The van der Waals surface area contributed by atoms with E-state index in [9.17, 15) is 4.79 Å². The quantitative estimate of drug-likeness (QED) is 0.647. The summed E-state index contributed by atoms with van der Waals surface area (Å²) in [6, 6.07) is 8.49. The summed E-state index contributed by atoms with van der Waals surface area (Å²) in [5.74, 6) is 0.962. The van der Waals surface area contributed by atoms with Crippen LogP contribution >= 0.6 is 11.5 Å². The molecule has 1 aromatic heterocycles. The van der Waals surface area contributed by atoms with E-state index < -0.39 is 0 Å². The predicted octanol–water partition coefficient (Wildman–Crippen LogP) is 3.96. The fourth-order valence-corrected chi connectivity index (χ4v) is 3.31. The number of benzene rings is 1. The maximum Gasteiger partial charge on any atom is 0.221 e. The van der Waals surface area contributed by atoms with Gasteiger partial charge in [-0.15, -0.1) is 0 Å². The van der Waals surface area contributed by atoms with Gasteiger partial charge in [-0.3, -0.25) is 4.79 Å². The largest absolute Gasteiger partial charge is 0.356 e. The number of hydrogen-bond donors (Lipinski definition) is 1. The highest BCUT2D eigenvalue weighted by atomic mass is 32.1. The zero-order valence-electron chi connectivity index (χ0n) is 16.1. The van der Waals surface area contributed by atoms with Gasteiger partial charge in [-0.1, -0.05) is 50.1 Å². The van der Waals surface area contributed by atoms with Crippen LogP contribution in [0.25, 0.3) is 0 Å². The third-order valence-electron chi connectivity index (χ3n) is 4.17. The number of rotatable bonds is 11. The SMILES string of the molecule is CCCCN(CCC(=O)NCCC)c1nc(Cc2ccc(C)cc2)ns1. The standard InChI is InChI=1S/C20H30N4OS/c1-4-6-13-24(14-11-19(25)21-12-5-2)20-22-18(23-26-20)15-17-9-7-16(3)8-10-17/h7-10H,4-6,11-15H2,1-3H3,(H,21,25). The molecule has 0 aliphatic carbocycles. The monoisotopic (exact) mass is 374 g/mol. The zero-order valence-corrected chi connectivity index (χ0v) is 16.9. The second-order valence-electron chi connectivity index (χ2n) is 6.60. The molecule has 0 saturated carbocycles. The summed E-state index contributed by atoms with van der Waals surface area (Å²) in [6.07, 6.45) is 4.41. The topological polar surface area (TPSA) is 58.1 Å². The maximum atomic E-state index is 11.9. The Morgan fingerprint density at radius 1 is 1.15 bits per heavy atom. The number of hydrogen-bond acceptors (Lipinski definition) is 5. The summed E-state index contributed by atoms with van der Waals surface area (Å²) >= 11 is 1.43. The van der Waals surface area contributed by atoms with Gasteiger partial charge in [0.15, 0.2) is 0 Å². The van der Waals surface area contributed by atoms with E-state index in [0.717, 1.165) is 49.7 Å². The van der Waals surface area contributed by atoms with Gasteiger partial charge in [0.1, 0.15) is 5.82 Å². The van der Waals surface area contributed by atoms with Crippen molar-refractivity contribution in [3.63, 3.8) is 0 Å². The van der Waals surface area contributed by atoms with Gasteiger partial charge >= 0.3 is 0 Å². The fraction of sp³-hybridized carbons (Fsp3) is 0.550. The Bertz CT molecular complexity index is 669. The van der Waals surface area contributed by atoms with E-state index in [1.54, 1.807) is 0 Å². The fourth-order valence-electron chi connectivity index (χ4n) is 2.57. The van der Waals surface area contributed by atoms with E-state index in [4.69, 9.17) is 4.98 Å². The molecule has 0 spiro atoms. The number of nitrogens with one attached hydrogen (secondary N) is 1. The molecule has 6 heteroatoms. The lowest BCUT2D eigenvalue weighted by Gasteiger charge is -2.20. The lowest BCUT2D eigenvalue weighted by atomic mass is 10.1. The minimum absolute atomic E-state index is 0.109. The van der Waals surface area contributed by atoms with Crippen molar-refractivity contribution >= 4 is 22.6 Å². The first-order valence-electron chi connectivity index (χ1n) is 9.52. The highest BCUT2D eigenvalue weighted by Crippen LogP contribution is 2.20. The molecule has 1 aromatic carbocycles. The molecule has 0 aliphatic heterocycles. The molecule has 1 heterocycles. The summed E-state index contributed by atoms with van der Waals surface area (Å²) in [7, 11) is 0. The van der Waals surface area contributed by atoms with Crippen molar-refractivity contribution in [2.75, 3.05) is 24.5 Å². The molecule has 0 bridgehead atoms. The number of aryl methyl sites for hydroxylation is 1. The Morgan fingerprint density at radius 2 is 1.92 bits per heavy atom. The molecule has 5 nitrogen and oxygen atoms in total. The molecule has 1 amide bonds. The first-order chi connectivity index (χ1) is 12.6. The van der Waals surface area contributed by atoms with Crippen LogP contribution in [0.15, 0.2) is 24.3 Å². The number of anilines is 1. The van der Waals surface area contributed by atoms with Crippen molar-refractivity contribution in [3.8, 4) is 0 Å². The van der Waals surface area contributed by atoms with Gasteiger partial charge in [0, 0.05) is 44.0 Å². The van der Waals surface area contributed by atoms with Crippen LogP contribution in [0.3, 0.4) is 0 Å². The van der Waals surface area contributed by atoms with E-state index in [1.807, 2.05) is 0 Å². The molecule has 0 saturated heterocycles. The van der Waals surface area contributed by atoms with Crippen LogP contribution in [0.1, 0.15) is 56.5 Å². The molecular formula is C20H30N4OS. The molecule has 0 radical (unpaired) electrons. The smallest absolute Gasteiger partial charge is 0.221 e. The van der Waals surface area contributed by atoms with Gasteiger partial charge in [0.25, 0.3) is 0 Å². The molecule has 1 N–H and O–H groups in total. The van der Waals surface area contributed by atoms with Crippen LogP contribution in [0.4, 0.5) is 5.13 Å². The third kappa shape index (κ3) is 6.75. The molecule has 0 unspecified atom stereocenters. The Hall–Kier alpha value is -1.95. The van der Waals surface area contributed by atoms with Gasteiger partial charge in [-0.2, -0.15) is 4.37 Å². The summed E-state index contributed by atoms with van der Waals surface area (Å²) in [5, 5.41) is 3.86. The predicted molar refractivity (Wildman–Crippen MR) is 109 cm³/mol. The van der Waals surface area contributed by atoms with E-state index >= 15 is 0 Å². The average Bonchev–Trinajstić information content (AvgIpc) is 3.10. The molecular weight excluding hydrogens is 344 g/mol. The number of carbonyl (C=O) groups excluding carboxylic acids is 1. The van der Waals surface area contributed by atoms with Crippen LogP contribution in [0.5, 0.6) is 0 Å². The van der Waals surface area contributed by atoms with Gasteiger partial charge < -0.3 is 10.2 Å². The second kappa shape index (κ2) is 10.9. The van der Waals surface area contributed by atoms with Crippen LogP contribution in [-0.2, 0) is 11.2 Å². The van der Waals surface area contributed by atoms with Crippen molar-refractivity contribution in [1.82, 2.24) is 14.7 Å². The lowest BCUT2D eigenvalue weighted by Crippen LogP contribution is -2.31. The first kappa shape index (κ1) is 20.4. The number of carbonyl (C=O) groups is 1. The maximum absolute atomic E-state index is 11.9. The molecule has 0 atom stereocenters. The Morgan fingerprint density at radius 3 is 2.62 bits per heavy atom. The highest BCUT2D eigenvalue weighted by molar-refractivity contribution is 7.09. The van der Waals surface area contributed by atoms with Crippen LogP contribution in [0.2, 0.25) is 0 Å². The molecule has 0 fully saturated rings. The number of amides is 1. The van der Waals surface area contributed by atoms with Gasteiger partial charge in [-0.25, -0.2) is 4.98 Å². The summed E-state index contributed by atoms with van der Waals surface area (Å²) < 4.78 is 4.53. The molecule has 2 rings (SSSR count). The third-order valence-corrected chi connectivity index (χ3v) is 4.99. The number of aromatic nitrogens is 2. The van der Waals surface area contributed by atoms with Crippen LogP contribution in [-0.4, -0.2) is 34.9 Å². The first-order valence-corrected chi connectivity index (χ1v) is 10.3. The van der Waals surface area contributed by atoms with Gasteiger partial charge in [0.05, 0.1) is 0 Å². The van der Waals surface area contributed by atoms with Crippen molar-refractivity contribution < 1.29 is 4.79 Å². The number of unbranched alkanes of at least 4 members (excludes halogenated alkanes) is 1. The van der Waals surface area contributed by atoms with Gasteiger partial charge in [-0.05, 0) is 25.3 Å². The molecule has 26 heavy (non-hydrogen) atoms. The van der Waals surface area contributed by atoms with Gasteiger partial charge in [0.2, 0.25) is 11.0 Å². The highest BCUT2D eigenvalue weighted by Gasteiger charge is 2.14. The minimum atomic E-state index is 0.109. The van der Waals surface area contributed by atoms with E-state index in [-0.39, 0.29) is 5.91 Å². The second-order valence-corrected chi connectivity index (χ2v) is 7.33. The van der Waals surface area contributed by atoms with Crippen molar-refractivity contribution in [1.29, 1.82) is 0 Å². The lowest BCUT2D eigenvalue weighted by molar-refractivity contribution is -0.120. The summed E-state index contributed by atoms with van der Waals surface area (Å²) in [5.41, 5.74) is 2.48.